The molecule has 0 aromatic carbocycles. The fourth-order valence-corrected chi connectivity index (χ4v) is 0. The molecule has 0 aromatic heterocycles. The zero-order valence-corrected chi connectivity index (χ0v) is 13.8. The summed E-state index contributed by atoms with van der Waals surface area (Å²) in [5.74, 6) is 0. The zero-order chi connectivity index (χ0) is 9.00. The molecule has 12 heteroatoms. The van der Waals surface area contributed by atoms with Crippen LogP contribution < -0.4 is 29.6 Å². The molecular formula is HCl6NaO3P2. The van der Waals surface area contributed by atoms with E-state index in [-0.39, 0.29) is 35.0 Å². The first kappa shape index (κ1) is 24.4. The number of rotatable bonds is 0. The van der Waals surface area contributed by atoms with Crippen molar-refractivity contribution in [2.45, 2.75) is 0 Å². The third-order valence-corrected chi connectivity index (χ3v) is 0. The van der Waals surface area contributed by atoms with Crippen LogP contribution in [-0.2, 0) is 9.13 Å². The van der Waals surface area contributed by atoms with E-state index in [9.17, 15) is 9.13 Å². The molecule has 0 saturated heterocycles. The Hall–Kier alpha value is 3.16. The van der Waals surface area contributed by atoms with Crippen molar-refractivity contribution in [2.24, 2.45) is 0 Å². The van der Waals surface area contributed by atoms with Gasteiger partial charge in [0.25, 0.3) is 0 Å². The Morgan fingerprint density at radius 2 is 0.667 bits per heavy atom. The van der Waals surface area contributed by atoms with Crippen LogP contribution in [0.25, 0.3) is 0 Å². The molecule has 0 aromatic rings. The summed E-state index contributed by atoms with van der Waals surface area (Å²) in [6.45, 7) is 0. The van der Waals surface area contributed by atoms with E-state index in [1.54, 1.807) is 0 Å². The second-order valence-corrected chi connectivity index (χ2v) is 14.1. The standard InChI is InChI=1S/2Cl3OP.Na.H2O/c2*1-5(2,3)4;;/h;;;1H2/q;;+1;/p-1. The Morgan fingerprint density at radius 1 is 0.667 bits per heavy atom. The third kappa shape index (κ3) is 195. The molecule has 0 bridgehead atoms. The molecule has 0 heterocycles. The summed E-state index contributed by atoms with van der Waals surface area (Å²) in [7, 11) is 0. The fourth-order valence-electron chi connectivity index (χ4n) is 0. The van der Waals surface area contributed by atoms with Crippen molar-refractivity contribution in [3.63, 3.8) is 0 Å². The van der Waals surface area contributed by atoms with E-state index in [2.05, 4.69) is 67.4 Å². The van der Waals surface area contributed by atoms with Gasteiger partial charge in [-0.05, 0) is 67.4 Å². The number of halogens is 6. The molecule has 72 valence electrons. The topological polar surface area (TPSA) is 64.1 Å². The van der Waals surface area contributed by atoms with Gasteiger partial charge in [-0.3, -0.25) is 9.13 Å². The molecule has 0 fully saturated rings. The van der Waals surface area contributed by atoms with Crippen molar-refractivity contribution in [1.82, 2.24) is 0 Å². The van der Waals surface area contributed by atoms with Crippen molar-refractivity contribution in [3.05, 3.63) is 0 Å². The smallest absolute Gasteiger partial charge is 0.870 e. The fraction of sp³-hybridized carbons (Fsp3) is 0. The van der Waals surface area contributed by atoms with Crippen LogP contribution in [-0.4, -0.2) is 5.48 Å². The largest absolute Gasteiger partial charge is 1.00 e. The van der Waals surface area contributed by atoms with Gasteiger partial charge in [-0.1, -0.05) is 0 Å². The maximum Gasteiger partial charge on any atom is 1.00 e. The van der Waals surface area contributed by atoms with Crippen molar-refractivity contribution >= 4 is 77.8 Å². The maximum atomic E-state index is 9.51. The maximum absolute atomic E-state index is 9.51. The zero-order valence-electron chi connectivity index (χ0n) is 5.43. The first-order valence-electron chi connectivity index (χ1n) is 1.38. The predicted octanol–water partition coefficient (Wildman–Crippen LogP) is 2.45. The minimum Gasteiger partial charge on any atom is -0.870 e. The SMILES string of the molecule is O=P(Cl)(Cl)Cl.O=P(Cl)(Cl)Cl.[Na+].[OH-]. The summed E-state index contributed by atoms with van der Waals surface area (Å²) < 4.78 is 19.0. The van der Waals surface area contributed by atoms with Crippen molar-refractivity contribution < 1.29 is 44.2 Å². The summed E-state index contributed by atoms with van der Waals surface area (Å²) in [4.78, 5) is 0. The molecule has 0 radical (unpaired) electrons. The van der Waals surface area contributed by atoms with E-state index >= 15 is 0 Å². The van der Waals surface area contributed by atoms with Gasteiger partial charge in [0.1, 0.15) is 0 Å². The average Bonchev–Trinajstić information content (AvgIpc) is 1.12. The van der Waals surface area contributed by atoms with Gasteiger partial charge in [-0.25, -0.2) is 0 Å². The monoisotopic (exact) mass is 344 g/mol. The molecule has 3 nitrogen and oxygen atoms in total. The summed E-state index contributed by atoms with van der Waals surface area (Å²) in [6, 6.07) is 0. The second kappa shape index (κ2) is 10.7. The Kier molecular flexibility index (Phi) is 21.7. The van der Waals surface area contributed by atoms with Gasteiger partial charge in [0, 0.05) is 0 Å². The Labute approximate surface area is 120 Å². The molecule has 0 amide bonds. The van der Waals surface area contributed by atoms with Gasteiger partial charge >= 0.3 is 40.0 Å². The van der Waals surface area contributed by atoms with Crippen LogP contribution in [0.3, 0.4) is 0 Å². The van der Waals surface area contributed by atoms with Crippen LogP contribution in [0.1, 0.15) is 0 Å². The Balaban J connectivity index is -0.0000000457. The summed E-state index contributed by atoms with van der Waals surface area (Å²) in [6.07, 6.45) is 0. The molecule has 1 N–H and O–H groups in total. The van der Waals surface area contributed by atoms with Crippen molar-refractivity contribution in [3.8, 4) is 0 Å². The molecule has 12 heavy (non-hydrogen) atoms. The molecular weight excluding hydrogens is 346 g/mol. The molecule has 0 spiro atoms. The minimum atomic E-state index is -3.22. The van der Waals surface area contributed by atoms with Crippen LogP contribution in [0.2, 0.25) is 0 Å². The normalized spacial score (nSPS) is 9.83. The van der Waals surface area contributed by atoms with Crippen LogP contribution in [0.15, 0.2) is 0 Å². The quantitative estimate of drug-likeness (QED) is 0.500. The van der Waals surface area contributed by atoms with Crippen LogP contribution in [0, 0.1) is 0 Å². The molecule has 0 rings (SSSR count). The van der Waals surface area contributed by atoms with E-state index in [4.69, 9.17) is 0 Å². The molecule has 0 saturated carbocycles. The summed E-state index contributed by atoms with van der Waals surface area (Å²) in [5, 5.41) is -6.44. The van der Waals surface area contributed by atoms with E-state index in [0.717, 1.165) is 0 Å². The Morgan fingerprint density at radius 3 is 0.667 bits per heavy atom. The van der Waals surface area contributed by atoms with Crippen molar-refractivity contribution in [1.29, 1.82) is 0 Å². The molecule has 0 aliphatic rings. The van der Waals surface area contributed by atoms with Crippen LogP contribution in [0.4, 0.5) is 0 Å². The Bertz CT molecular complexity index is 133. The average molecular weight is 347 g/mol. The summed E-state index contributed by atoms with van der Waals surface area (Å²) >= 11 is 27.7. The first-order valence-corrected chi connectivity index (χ1v) is 10.2. The molecule has 0 atom stereocenters. The number of hydrogen-bond donors (Lipinski definition) is 0. The third-order valence-electron chi connectivity index (χ3n) is 0. The van der Waals surface area contributed by atoms with Gasteiger partial charge in [-0.2, -0.15) is 0 Å². The summed E-state index contributed by atoms with van der Waals surface area (Å²) in [5.41, 5.74) is 0. The van der Waals surface area contributed by atoms with Gasteiger partial charge in [0.15, 0.2) is 0 Å². The first-order chi connectivity index (χ1) is 4.00. The van der Waals surface area contributed by atoms with Gasteiger partial charge in [0.2, 0.25) is 0 Å². The van der Waals surface area contributed by atoms with Gasteiger partial charge in [0.05, 0.1) is 0 Å². The van der Waals surface area contributed by atoms with E-state index in [1.165, 1.54) is 0 Å². The predicted molar refractivity (Wildman–Crippen MR) is 52.3 cm³/mol. The number of hydrogen-bond acceptors (Lipinski definition) is 3. The van der Waals surface area contributed by atoms with Crippen molar-refractivity contribution in [2.75, 3.05) is 0 Å². The van der Waals surface area contributed by atoms with E-state index < -0.39 is 10.4 Å². The minimum absolute atomic E-state index is 0. The van der Waals surface area contributed by atoms with Crippen LogP contribution in [0.5, 0.6) is 0 Å². The van der Waals surface area contributed by atoms with E-state index in [1.807, 2.05) is 0 Å². The molecule has 0 aliphatic carbocycles. The van der Waals surface area contributed by atoms with Gasteiger partial charge in [-0.15, -0.1) is 0 Å². The second-order valence-electron chi connectivity index (χ2n) is 0.797. The molecule has 0 aliphatic heterocycles. The van der Waals surface area contributed by atoms with Gasteiger partial charge < -0.3 is 5.48 Å². The van der Waals surface area contributed by atoms with Crippen LogP contribution >= 0.6 is 77.8 Å². The molecule has 0 unspecified atom stereocenters. The van der Waals surface area contributed by atoms with E-state index in [0.29, 0.717) is 0 Å².